The zero-order valence-corrected chi connectivity index (χ0v) is 7.86. The Labute approximate surface area is 77.7 Å². The lowest BCUT2D eigenvalue weighted by Crippen LogP contribution is -2.17. The molecule has 0 unspecified atom stereocenters. The summed E-state index contributed by atoms with van der Waals surface area (Å²) in [7, 11) is 1.81. The maximum Gasteiger partial charge on any atom is 0.181 e. The van der Waals surface area contributed by atoms with Crippen molar-refractivity contribution in [2.24, 2.45) is 13.0 Å². The highest BCUT2D eigenvalue weighted by atomic mass is 16.1. The summed E-state index contributed by atoms with van der Waals surface area (Å²) in [6.45, 7) is 0. The maximum atomic E-state index is 11.7. The lowest BCUT2D eigenvalue weighted by atomic mass is 9.81. The normalized spacial score (nSPS) is 17.0. The zero-order chi connectivity index (χ0) is 9.26. The van der Waals surface area contributed by atoms with E-state index in [0.29, 0.717) is 12.3 Å². The molecule has 13 heavy (non-hydrogen) atoms. The van der Waals surface area contributed by atoms with Gasteiger partial charge in [-0.1, -0.05) is 19.3 Å². The van der Waals surface area contributed by atoms with Crippen molar-refractivity contribution in [3.63, 3.8) is 0 Å². The van der Waals surface area contributed by atoms with Gasteiger partial charge in [0.05, 0.1) is 0 Å². The standard InChI is InChI=1S/C10H14N2O/c1-12-9(5-6-11-12)10(13)7-8-3-2-4-8/h5-6,8H,2-4,7H2,1H3. The Morgan fingerprint density at radius 3 is 2.92 bits per heavy atom. The second kappa shape index (κ2) is 3.32. The van der Waals surface area contributed by atoms with Gasteiger partial charge in [0, 0.05) is 19.7 Å². The van der Waals surface area contributed by atoms with Gasteiger partial charge in [0.15, 0.2) is 5.78 Å². The smallest absolute Gasteiger partial charge is 0.181 e. The molecule has 1 heterocycles. The SMILES string of the molecule is Cn1nccc1C(=O)CC1CCC1. The van der Waals surface area contributed by atoms with E-state index in [0.717, 1.165) is 5.69 Å². The Balaban J connectivity index is 2.00. The minimum atomic E-state index is 0.240. The van der Waals surface area contributed by atoms with Gasteiger partial charge in [-0.25, -0.2) is 0 Å². The minimum Gasteiger partial charge on any atom is -0.292 e. The second-order valence-corrected chi connectivity index (χ2v) is 3.76. The molecule has 3 heteroatoms. The van der Waals surface area contributed by atoms with Crippen molar-refractivity contribution in [2.45, 2.75) is 25.7 Å². The highest BCUT2D eigenvalue weighted by Gasteiger charge is 2.22. The molecule has 2 rings (SSSR count). The molecule has 0 atom stereocenters. The van der Waals surface area contributed by atoms with Crippen LogP contribution in [0.5, 0.6) is 0 Å². The molecule has 1 aliphatic rings. The number of carbonyl (C=O) groups is 1. The van der Waals surface area contributed by atoms with E-state index < -0.39 is 0 Å². The molecule has 1 aromatic rings. The molecule has 0 saturated heterocycles. The van der Waals surface area contributed by atoms with Crippen LogP contribution in [0.25, 0.3) is 0 Å². The van der Waals surface area contributed by atoms with E-state index in [1.54, 1.807) is 16.9 Å². The average molecular weight is 178 g/mol. The third kappa shape index (κ3) is 1.64. The number of ketones is 1. The quantitative estimate of drug-likeness (QED) is 0.661. The van der Waals surface area contributed by atoms with Crippen LogP contribution in [0.3, 0.4) is 0 Å². The summed E-state index contributed by atoms with van der Waals surface area (Å²) < 4.78 is 1.65. The van der Waals surface area contributed by atoms with Gasteiger partial charge in [0.2, 0.25) is 0 Å². The molecule has 1 fully saturated rings. The van der Waals surface area contributed by atoms with Crippen molar-refractivity contribution in [1.82, 2.24) is 9.78 Å². The number of rotatable bonds is 3. The summed E-state index contributed by atoms with van der Waals surface area (Å²) in [6, 6.07) is 1.79. The molecule has 1 aliphatic carbocycles. The molecule has 0 amide bonds. The molecule has 3 nitrogen and oxygen atoms in total. The van der Waals surface area contributed by atoms with Gasteiger partial charge in [0.1, 0.15) is 5.69 Å². The number of aromatic nitrogens is 2. The zero-order valence-electron chi connectivity index (χ0n) is 7.86. The summed E-state index contributed by atoms with van der Waals surface area (Å²) in [6.07, 6.45) is 6.13. The van der Waals surface area contributed by atoms with Crippen molar-refractivity contribution in [1.29, 1.82) is 0 Å². The fourth-order valence-electron chi connectivity index (χ4n) is 1.71. The first-order chi connectivity index (χ1) is 6.27. The molecule has 0 spiro atoms. The van der Waals surface area contributed by atoms with Crippen LogP contribution in [0.15, 0.2) is 12.3 Å². The van der Waals surface area contributed by atoms with Gasteiger partial charge >= 0.3 is 0 Å². The van der Waals surface area contributed by atoms with Crippen molar-refractivity contribution in [3.8, 4) is 0 Å². The summed E-state index contributed by atoms with van der Waals surface area (Å²) >= 11 is 0. The number of aryl methyl sites for hydroxylation is 1. The second-order valence-electron chi connectivity index (χ2n) is 3.76. The molecule has 0 aliphatic heterocycles. The Kier molecular flexibility index (Phi) is 2.17. The van der Waals surface area contributed by atoms with E-state index in [2.05, 4.69) is 5.10 Å². The summed E-state index contributed by atoms with van der Waals surface area (Å²) in [5.41, 5.74) is 0.743. The Morgan fingerprint density at radius 1 is 1.69 bits per heavy atom. The van der Waals surface area contributed by atoms with E-state index in [9.17, 15) is 4.79 Å². The van der Waals surface area contributed by atoms with Crippen LogP contribution in [0.2, 0.25) is 0 Å². The summed E-state index contributed by atoms with van der Waals surface area (Å²) in [4.78, 5) is 11.7. The third-order valence-corrected chi connectivity index (χ3v) is 2.81. The predicted molar refractivity (Wildman–Crippen MR) is 49.5 cm³/mol. The van der Waals surface area contributed by atoms with E-state index in [4.69, 9.17) is 0 Å². The fraction of sp³-hybridized carbons (Fsp3) is 0.600. The number of carbonyl (C=O) groups excluding carboxylic acids is 1. The van der Waals surface area contributed by atoms with Crippen LogP contribution in [-0.4, -0.2) is 15.6 Å². The molecule has 0 N–H and O–H groups in total. The molecule has 0 radical (unpaired) electrons. The lowest BCUT2D eigenvalue weighted by Gasteiger charge is -2.24. The molecule has 0 bridgehead atoms. The molecular weight excluding hydrogens is 164 g/mol. The van der Waals surface area contributed by atoms with E-state index in [1.807, 2.05) is 7.05 Å². The van der Waals surface area contributed by atoms with Crippen molar-refractivity contribution < 1.29 is 4.79 Å². The maximum absolute atomic E-state index is 11.7. The first-order valence-electron chi connectivity index (χ1n) is 4.78. The Bertz CT molecular complexity index is 312. The lowest BCUT2D eigenvalue weighted by molar-refractivity contribution is 0.0927. The Morgan fingerprint density at radius 2 is 2.46 bits per heavy atom. The minimum absolute atomic E-state index is 0.240. The highest BCUT2D eigenvalue weighted by Crippen LogP contribution is 2.30. The molecule has 70 valence electrons. The summed E-state index contributed by atoms with van der Waals surface area (Å²) in [5, 5.41) is 3.98. The van der Waals surface area contributed by atoms with E-state index in [-0.39, 0.29) is 5.78 Å². The molecule has 1 saturated carbocycles. The molecular formula is C10H14N2O. The largest absolute Gasteiger partial charge is 0.292 e. The monoisotopic (exact) mass is 178 g/mol. The molecule has 0 aromatic carbocycles. The topological polar surface area (TPSA) is 34.9 Å². The number of hydrogen-bond donors (Lipinski definition) is 0. The van der Waals surface area contributed by atoms with Gasteiger partial charge in [0.25, 0.3) is 0 Å². The van der Waals surface area contributed by atoms with Crippen LogP contribution < -0.4 is 0 Å². The number of hydrogen-bond acceptors (Lipinski definition) is 2. The van der Waals surface area contributed by atoms with Crippen LogP contribution in [0.1, 0.15) is 36.2 Å². The fourth-order valence-corrected chi connectivity index (χ4v) is 1.71. The summed E-state index contributed by atoms with van der Waals surface area (Å²) in [5.74, 6) is 0.882. The number of Topliss-reactive ketones (excluding diaryl/α,β-unsaturated/α-hetero) is 1. The predicted octanol–water partition coefficient (Wildman–Crippen LogP) is 1.79. The Hall–Kier alpha value is -1.12. The molecule has 1 aromatic heterocycles. The number of nitrogens with zero attached hydrogens (tertiary/aromatic N) is 2. The first kappa shape index (κ1) is 8.48. The highest BCUT2D eigenvalue weighted by molar-refractivity contribution is 5.94. The van der Waals surface area contributed by atoms with Crippen molar-refractivity contribution in [2.75, 3.05) is 0 Å². The third-order valence-electron chi connectivity index (χ3n) is 2.81. The van der Waals surface area contributed by atoms with Gasteiger partial charge in [-0.2, -0.15) is 5.10 Å². The van der Waals surface area contributed by atoms with Crippen LogP contribution in [0, 0.1) is 5.92 Å². The van der Waals surface area contributed by atoms with Gasteiger partial charge < -0.3 is 0 Å². The average Bonchev–Trinajstić information content (AvgIpc) is 2.43. The van der Waals surface area contributed by atoms with Gasteiger partial charge in [-0.15, -0.1) is 0 Å². The van der Waals surface area contributed by atoms with Crippen molar-refractivity contribution in [3.05, 3.63) is 18.0 Å². The van der Waals surface area contributed by atoms with E-state index >= 15 is 0 Å². The van der Waals surface area contributed by atoms with Gasteiger partial charge in [-0.05, 0) is 12.0 Å². The van der Waals surface area contributed by atoms with Crippen molar-refractivity contribution >= 4 is 5.78 Å². The first-order valence-corrected chi connectivity index (χ1v) is 4.78. The van der Waals surface area contributed by atoms with Crippen LogP contribution in [-0.2, 0) is 7.05 Å². The van der Waals surface area contributed by atoms with Crippen LogP contribution in [0.4, 0.5) is 0 Å². The van der Waals surface area contributed by atoms with Crippen LogP contribution >= 0.6 is 0 Å². The van der Waals surface area contributed by atoms with E-state index in [1.165, 1.54) is 19.3 Å². The van der Waals surface area contributed by atoms with Gasteiger partial charge in [-0.3, -0.25) is 9.48 Å².